The third-order valence-electron chi connectivity index (χ3n) is 3.17. The highest BCUT2D eigenvalue weighted by Crippen LogP contribution is 2.22. The number of esters is 1. The first kappa shape index (κ1) is 17.8. The molecule has 0 saturated carbocycles. The Kier molecular flexibility index (Phi) is 5.91. The van der Waals surface area contributed by atoms with Gasteiger partial charge >= 0.3 is 5.97 Å². The Hall–Kier alpha value is -3.59. The number of nitrogens with two attached hydrogens (primary N) is 1. The van der Waals surface area contributed by atoms with Crippen molar-refractivity contribution in [2.75, 3.05) is 6.61 Å². The van der Waals surface area contributed by atoms with Gasteiger partial charge in [0.2, 0.25) is 5.78 Å². The van der Waals surface area contributed by atoms with Crippen molar-refractivity contribution < 1.29 is 19.1 Å². The molecule has 6 heteroatoms. The van der Waals surface area contributed by atoms with Crippen molar-refractivity contribution in [3.05, 3.63) is 71.4 Å². The molecule has 0 radical (unpaired) electrons. The van der Waals surface area contributed by atoms with Crippen LogP contribution in [0.2, 0.25) is 0 Å². The van der Waals surface area contributed by atoms with E-state index >= 15 is 0 Å². The molecule has 0 aliphatic rings. The zero-order chi connectivity index (χ0) is 18.2. The number of hydrogen-bond acceptors (Lipinski definition) is 6. The van der Waals surface area contributed by atoms with Crippen molar-refractivity contribution in [1.29, 1.82) is 5.26 Å². The fourth-order valence-electron chi connectivity index (χ4n) is 1.97. The lowest BCUT2D eigenvalue weighted by molar-refractivity contribution is -0.118. The highest BCUT2D eigenvalue weighted by atomic mass is 16.5. The maximum Gasteiger partial charge on any atom is 0.338 e. The van der Waals surface area contributed by atoms with Crippen LogP contribution in [0.1, 0.15) is 17.3 Å². The number of ether oxygens (including phenoxy) is 2. The first-order chi connectivity index (χ1) is 12.0. The van der Waals surface area contributed by atoms with Crippen molar-refractivity contribution in [2.45, 2.75) is 6.92 Å². The van der Waals surface area contributed by atoms with E-state index in [4.69, 9.17) is 20.5 Å². The zero-order valence-electron chi connectivity index (χ0n) is 13.6. The molecule has 0 aliphatic heterocycles. The number of carbonyl (C=O) groups is 2. The number of hydrogen-bond donors (Lipinski definition) is 1. The van der Waals surface area contributed by atoms with Gasteiger partial charge in [-0.2, -0.15) is 5.26 Å². The maximum atomic E-state index is 12.1. The molecule has 0 heterocycles. The molecule has 2 N–H and O–H groups in total. The van der Waals surface area contributed by atoms with Gasteiger partial charge in [0.25, 0.3) is 0 Å². The van der Waals surface area contributed by atoms with Crippen molar-refractivity contribution in [3.63, 3.8) is 0 Å². The molecule has 0 amide bonds. The van der Waals surface area contributed by atoms with Gasteiger partial charge in [-0.05, 0) is 37.3 Å². The molecule has 126 valence electrons. The summed E-state index contributed by atoms with van der Waals surface area (Å²) in [5.74, 6) is -0.251. The van der Waals surface area contributed by atoms with Crippen LogP contribution in [0.15, 0.2) is 65.9 Å². The van der Waals surface area contributed by atoms with Gasteiger partial charge < -0.3 is 15.2 Å². The largest absolute Gasteiger partial charge is 0.457 e. The number of ketones is 1. The maximum absolute atomic E-state index is 12.1. The van der Waals surface area contributed by atoms with Gasteiger partial charge in [-0.3, -0.25) is 4.79 Å². The lowest BCUT2D eigenvalue weighted by Gasteiger charge is -2.08. The van der Waals surface area contributed by atoms with Gasteiger partial charge in [0.05, 0.1) is 5.56 Å². The minimum Gasteiger partial charge on any atom is -0.457 e. The first-order valence-electron chi connectivity index (χ1n) is 7.41. The average Bonchev–Trinajstić information content (AvgIpc) is 2.61. The summed E-state index contributed by atoms with van der Waals surface area (Å²) in [6.07, 6.45) is 0. The van der Waals surface area contributed by atoms with Gasteiger partial charge in [-0.1, -0.05) is 24.3 Å². The number of carbonyl (C=O) groups excluding carboxylic acids is 2. The van der Waals surface area contributed by atoms with Gasteiger partial charge in [0.1, 0.15) is 23.1 Å². The van der Waals surface area contributed by atoms with E-state index in [0.29, 0.717) is 11.5 Å². The Balaban J connectivity index is 2.03. The van der Waals surface area contributed by atoms with Crippen molar-refractivity contribution in [2.24, 2.45) is 5.73 Å². The molecule has 0 atom stereocenters. The smallest absolute Gasteiger partial charge is 0.338 e. The summed E-state index contributed by atoms with van der Waals surface area (Å²) in [6, 6.07) is 17.2. The number of para-hydroxylation sites is 1. The van der Waals surface area contributed by atoms with Crippen LogP contribution in [0, 0.1) is 11.3 Å². The number of rotatable bonds is 6. The molecule has 25 heavy (non-hydrogen) atoms. The standard InChI is InChI=1S/C19H16N2O4/c1-13(21)17(11-20)18(22)12-24-19(23)14-6-5-9-16(10-14)25-15-7-3-2-4-8-15/h2-10H,12,21H2,1H3. The summed E-state index contributed by atoms with van der Waals surface area (Å²) in [6.45, 7) is 0.878. The highest BCUT2D eigenvalue weighted by Gasteiger charge is 2.15. The molecule has 2 aromatic carbocycles. The summed E-state index contributed by atoms with van der Waals surface area (Å²) in [4.78, 5) is 23.9. The van der Waals surface area contributed by atoms with Crippen molar-refractivity contribution >= 4 is 11.8 Å². The van der Waals surface area contributed by atoms with Gasteiger partial charge in [0.15, 0.2) is 6.61 Å². The third kappa shape index (κ3) is 4.94. The highest BCUT2D eigenvalue weighted by molar-refractivity contribution is 6.02. The van der Waals surface area contributed by atoms with E-state index in [-0.39, 0.29) is 16.8 Å². The van der Waals surface area contributed by atoms with Gasteiger partial charge in [-0.25, -0.2) is 4.79 Å². The summed E-state index contributed by atoms with van der Waals surface area (Å²) >= 11 is 0. The quantitative estimate of drug-likeness (QED) is 0.494. The fourth-order valence-corrected chi connectivity index (χ4v) is 1.97. The molecule has 0 aromatic heterocycles. The van der Waals surface area contributed by atoms with E-state index in [1.165, 1.54) is 13.0 Å². The summed E-state index contributed by atoms with van der Waals surface area (Å²) in [7, 11) is 0. The van der Waals surface area contributed by atoms with Crippen molar-refractivity contribution in [3.8, 4) is 17.6 Å². The second-order valence-corrected chi connectivity index (χ2v) is 5.11. The second kappa shape index (κ2) is 8.31. The number of benzene rings is 2. The third-order valence-corrected chi connectivity index (χ3v) is 3.17. The molecule has 0 bridgehead atoms. The SMILES string of the molecule is CC(N)=C(C#N)C(=O)COC(=O)c1cccc(Oc2ccccc2)c1. The minimum absolute atomic E-state index is 0.0850. The van der Waals surface area contributed by atoms with Crippen LogP contribution in [0.5, 0.6) is 11.5 Å². The zero-order valence-corrected chi connectivity index (χ0v) is 13.6. The van der Waals surface area contributed by atoms with E-state index in [2.05, 4.69) is 0 Å². The molecule has 0 spiro atoms. The topological polar surface area (TPSA) is 102 Å². The van der Waals surface area contributed by atoms with Crippen molar-refractivity contribution in [1.82, 2.24) is 0 Å². The van der Waals surface area contributed by atoms with Crippen LogP contribution in [0.4, 0.5) is 0 Å². The Morgan fingerprint density at radius 2 is 1.76 bits per heavy atom. The molecule has 2 aromatic rings. The van der Waals surface area contributed by atoms with E-state index in [1.54, 1.807) is 36.4 Å². The van der Waals surface area contributed by atoms with E-state index in [0.717, 1.165) is 0 Å². The number of nitriles is 1. The monoisotopic (exact) mass is 336 g/mol. The molecular weight excluding hydrogens is 320 g/mol. The number of allylic oxidation sites excluding steroid dienone is 1. The molecule has 0 unspecified atom stereocenters. The van der Waals surface area contributed by atoms with Crippen LogP contribution < -0.4 is 10.5 Å². The molecule has 6 nitrogen and oxygen atoms in total. The van der Waals surface area contributed by atoms with Gasteiger partial charge in [0, 0.05) is 5.70 Å². The fraction of sp³-hybridized carbons (Fsp3) is 0.105. The predicted octanol–water partition coefficient (Wildman–Crippen LogP) is 2.96. The normalized spacial score (nSPS) is 11.0. The number of Topliss-reactive ketones (excluding diaryl/α,β-unsaturated/α-hetero) is 1. The van der Waals surface area contributed by atoms with Crippen LogP contribution in [0.3, 0.4) is 0 Å². The first-order valence-corrected chi connectivity index (χ1v) is 7.41. The van der Waals surface area contributed by atoms with E-state index < -0.39 is 18.4 Å². The van der Waals surface area contributed by atoms with Gasteiger partial charge in [-0.15, -0.1) is 0 Å². The van der Waals surface area contributed by atoms with Crippen LogP contribution in [0.25, 0.3) is 0 Å². The molecule has 0 fully saturated rings. The lowest BCUT2D eigenvalue weighted by Crippen LogP contribution is -2.17. The Bertz CT molecular complexity index is 847. The molecule has 0 saturated heterocycles. The lowest BCUT2D eigenvalue weighted by atomic mass is 10.1. The van der Waals surface area contributed by atoms with Crippen LogP contribution >= 0.6 is 0 Å². The number of nitrogens with zero attached hydrogens (tertiary/aromatic N) is 1. The van der Waals surface area contributed by atoms with Crippen LogP contribution in [-0.2, 0) is 9.53 Å². The summed E-state index contributed by atoms with van der Waals surface area (Å²) in [5, 5.41) is 8.86. The Labute approximate surface area is 145 Å². The molecule has 0 aliphatic carbocycles. The van der Waals surface area contributed by atoms with E-state index in [1.807, 2.05) is 18.2 Å². The Morgan fingerprint density at radius 1 is 1.08 bits per heavy atom. The minimum atomic E-state index is -0.696. The summed E-state index contributed by atoms with van der Waals surface area (Å²) < 4.78 is 10.6. The average molecular weight is 336 g/mol. The predicted molar refractivity (Wildman–Crippen MR) is 90.7 cm³/mol. The Morgan fingerprint density at radius 3 is 2.40 bits per heavy atom. The molecule has 2 rings (SSSR count). The molecular formula is C19H16N2O4. The van der Waals surface area contributed by atoms with Crippen LogP contribution in [-0.4, -0.2) is 18.4 Å². The summed E-state index contributed by atoms with van der Waals surface area (Å²) in [5.41, 5.74) is 5.54. The van der Waals surface area contributed by atoms with E-state index in [9.17, 15) is 9.59 Å². The second-order valence-electron chi connectivity index (χ2n) is 5.11.